The molecule has 0 atom stereocenters. The summed E-state index contributed by atoms with van der Waals surface area (Å²) in [6.45, 7) is 2.13. The van der Waals surface area contributed by atoms with Gasteiger partial charge >= 0.3 is 0 Å². The molecular formula is C35H24N2. The second kappa shape index (κ2) is 8.69. The van der Waals surface area contributed by atoms with Crippen LogP contribution in [0.3, 0.4) is 0 Å². The zero-order valence-corrected chi connectivity index (χ0v) is 20.5. The average Bonchev–Trinajstić information content (AvgIpc) is 2.96. The molecule has 6 aromatic carbocycles. The van der Waals surface area contributed by atoms with E-state index >= 15 is 0 Å². The monoisotopic (exact) mass is 472 g/mol. The Morgan fingerprint density at radius 3 is 1.86 bits per heavy atom. The van der Waals surface area contributed by atoms with Crippen LogP contribution in [0.15, 0.2) is 128 Å². The number of aryl methyl sites for hydroxylation is 1. The van der Waals surface area contributed by atoms with Crippen LogP contribution in [0.4, 0.5) is 0 Å². The maximum absolute atomic E-state index is 4.96. The van der Waals surface area contributed by atoms with Crippen molar-refractivity contribution in [3.05, 3.63) is 133 Å². The molecule has 1 aromatic heterocycles. The largest absolute Gasteiger partial charge is 0.236 e. The third kappa shape index (κ3) is 3.84. The lowest BCUT2D eigenvalue weighted by atomic mass is 9.89. The first-order valence-electron chi connectivity index (χ1n) is 12.6. The van der Waals surface area contributed by atoms with E-state index < -0.39 is 0 Å². The van der Waals surface area contributed by atoms with Gasteiger partial charge in [0.2, 0.25) is 0 Å². The van der Waals surface area contributed by atoms with Crippen molar-refractivity contribution in [2.45, 2.75) is 6.92 Å². The van der Waals surface area contributed by atoms with Crippen molar-refractivity contribution >= 4 is 32.4 Å². The predicted molar refractivity (Wildman–Crippen MR) is 156 cm³/mol. The Bertz CT molecular complexity index is 1930. The van der Waals surface area contributed by atoms with Crippen molar-refractivity contribution in [2.24, 2.45) is 0 Å². The Kier molecular flexibility index (Phi) is 5.04. The molecule has 7 aromatic rings. The molecule has 0 aliphatic rings. The number of rotatable bonds is 3. The maximum Gasteiger partial charge on any atom is 0.160 e. The Morgan fingerprint density at radius 1 is 0.486 bits per heavy atom. The molecule has 0 spiro atoms. The molecule has 0 aliphatic heterocycles. The molecule has 0 aliphatic carbocycles. The molecule has 37 heavy (non-hydrogen) atoms. The minimum Gasteiger partial charge on any atom is -0.236 e. The van der Waals surface area contributed by atoms with Crippen LogP contribution in [0, 0.1) is 6.92 Å². The number of para-hydroxylation sites is 1. The summed E-state index contributed by atoms with van der Waals surface area (Å²) in [6, 6.07) is 43.2. The molecule has 0 saturated heterocycles. The van der Waals surface area contributed by atoms with Crippen molar-refractivity contribution in [1.29, 1.82) is 0 Å². The van der Waals surface area contributed by atoms with Gasteiger partial charge in [0.05, 0.1) is 5.52 Å². The predicted octanol–water partition coefficient (Wildman–Crippen LogP) is 9.25. The van der Waals surface area contributed by atoms with Crippen LogP contribution in [0.5, 0.6) is 0 Å². The van der Waals surface area contributed by atoms with Gasteiger partial charge in [-0.1, -0.05) is 96.6 Å². The number of aromatic nitrogens is 2. The molecular weight excluding hydrogens is 448 g/mol. The number of nitrogens with zero attached hydrogens (tertiary/aromatic N) is 2. The van der Waals surface area contributed by atoms with Gasteiger partial charge < -0.3 is 0 Å². The normalized spacial score (nSPS) is 11.4. The Balaban J connectivity index is 1.52. The summed E-state index contributed by atoms with van der Waals surface area (Å²) in [5.74, 6) is 0.745. The molecule has 0 bridgehead atoms. The molecule has 0 unspecified atom stereocenters. The summed E-state index contributed by atoms with van der Waals surface area (Å²) in [6.07, 6.45) is 1.92. The quantitative estimate of drug-likeness (QED) is 0.256. The summed E-state index contributed by atoms with van der Waals surface area (Å²) in [7, 11) is 0. The summed E-state index contributed by atoms with van der Waals surface area (Å²) in [5.41, 5.74) is 8.05. The fraction of sp³-hybridized carbons (Fsp3) is 0.0286. The molecule has 7 rings (SSSR count). The van der Waals surface area contributed by atoms with Crippen molar-refractivity contribution in [3.8, 4) is 33.6 Å². The van der Waals surface area contributed by atoms with Crippen LogP contribution in [0.1, 0.15) is 5.56 Å². The summed E-state index contributed by atoms with van der Waals surface area (Å²) in [5, 5.41) is 5.84. The van der Waals surface area contributed by atoms with Gasteiger partial charge in [-0.05, 0) is 81.1 Å². The smallest absolute Gasteiger partial charge is 0.160 e. The van der Waals surface area contributed by atoms with Gasteiger partial charge in [-0.15, -0.1) is 0 Å². The van der Waals surface area contributed by atoms with Gasteiger partial charge in [-0.3, -0.25) is 0 Å². The average molecular weight is 473 g/mol. The highest BCUT2D eigenvalue weighted by molar-refractivity contribution is 6.03. The van der Waals surface area contributed by atoms with Crippen LogP contribution in [0.25, 0.3) is 66.1 Å². The van der Waals surface area contributed by atoms with E-state index in [4.69, 9.17) is 9.97 Å². The molecule has 0 saturated carbocycles. The fourth-order valence-corrected chi connectivity index (χ4v) is 5.20. The fourth-order valence-electron chi connectivity index (χ4n) is 5.20. The molecule has 0 amide bonds. The van der Waals surface area contributed by atoms with Gasteiger partial charge in [0, 0.05) is 17.1 Å². The SMILES string of the molecule is Cc1ccc(-c2cc3ccccc3cc2-c2cc(-c3ncc4ccccc4n3)c3ccccc3c2)cc1. The molecule has 2 heteroatoms. The van der Waals surface area contributed by atoms with Gasteiger partial charge in [0.15, 0.2) is 5.82 Å². The van der Waals surface area contributed by atoms with E-state index in [9.17, 15) is 0 Å². The highest BCUT2D eigenvalue weighted by Gasteiger charge is 2.15. The molecule has 0 N–H and O–H groups in total. The second-order valence-electron chi connectivity index (χ2n) is 9.61. The van der Waals surface area contributed by atoms with Crippen LogP contribution < -0.4 is 0 Å². The van der Waals surface area contributed by atoms with Gasteiger partial charge in [-0.25, -0.2) is 9.97 Å². The lowest BCUT2D eigenvalue weighted by molar-refractivity contribution is 1.23. The van der Waals surface area contributed by atoms with Crippen LogP contribution in [0.2, 0.25) is 0 Å². The molecule has 174 valence electrons. The minimum atomic E-state index is 0.745. The topological polar surface area (TPSA) is 25.8 Å². The van der Waals surface area contributed by atoms with Crippen LogP contribution >= 0.6 is 0 Å². The van der Waals surface area contributed by atoms with Crippen molar-refractivity contribution in [2.75, 3.05) is 0 Å². The molecule has 2 nitrogen and oxygen atoms in total. The summed E-state index contributed by atoms with van der Waals surface area (Å²) in [4.78, 5) is 9.75. The lowest BCUT2D eigenvalue weighted by Gasteiger charge is -2.16. The highest BCUT2D eigenvalue weighted by Crippen LogP contribution is 2.39. The Morgan fingerprint density at radius 2 is 1.11 bits per heavy atom. The Hall–Kier alpha value is -4.82. The van der Waals surface area contributed by atoms with Crippen LogP contribution in [-0.4, -0.2) is 9.97 Å². The number of hydrogen-bond donors (Lipinski definition) is 0. The second-order valence-corrected chi connectivity index (χ2v) is 9.61. The third-order valence-corrected chi connectivity index (χ3v) is 7.15. The third-order valence-electron chi connectivity index (χ3n) is 7.15. The van der Waals surface area contributed by atoms with Crippen LogP contribution in [-0.2, 0) is 0 Å². The van der Waals surface area contributed by atoms with E-state index in [0.29, 0.717) is 0 Å². The summed E-state index contributed by atoms with van der Waals surface area (Å²) < 4.78 is 0. The maximum atomic E-state index is 4.96. The highest BCUT2D eigenvalue weighted by atomic mass is 14.9. The van der Waals surface area contributed by atoms with E-state index in [1.54, 1.807) is 0 Å². The summed E-state index contributed by atoms with van der Waals surface area (Å²) >= 11 is 0. The zero-order chi connectivity index (χ0) is 24.8. The van der Waals surface area contributed by atoms with Gasteiger partial charge in [0.1, 0.15) is 0 Å². The number of benzene rings is 6. The van der Waals surface area contributed by atoms with Crippen molar-refractivity contribution < 1.29 is 0 Å². The van der Waals surface area contributed by atoms with Crippen molar-refractivity contribution in [1.82, 2.24) is 9.97 Å². The first kappa shape index (κ1) is 21.5. The zero-order valence-electron chi connectivity index (χ0n) is 20.5. The first-order valence-corrected chi connectivity index (χ1v) is 12.6. The molecule has 0 radical (unpaired) electrons. The van der Waals surface area contributed by atoms with Crippen molar-refractivity contribution in [3.63, 3.8) is 0 Å². The van der Waals surface area contributed by atoms with E-state index in [2.05, 4.69) is 110 Å². The van der Waals surface area contributed by atoms with E-state index in [1.807, 2.05) is 24.4 Å². The first-order chi connectivity index (χ1) is 18.2. The standard InChI is InChI=1S/C35H24N2/c1-23-14-16-24(17-15-23)31-19-25-8-2-3-9-26(25)20-32(31)29-18-27-10-4-6-12-30(27)33(21-29)35-36-22-28-11-5-7-13-34(28)37-35/h2-22H,1H3. The Labute approximate surface area is 215 Å². The van der Waals surface area contributed by atoms with E-state index in [0.717, 1.165) is 33.2 Å². The number of hydrogen-bond acceptors (Lipinski definition) is 2. The van der Waals surface area contributed by atoms with E-state index in [1.165, 1.54) is 38.4 Å². The molecule has 0 fully saturated rings. The van der Waals surface area contributed by atoms with Gasteiger partial charge in [0.25, 0.3) is 0 Å². The number of fused-ring (bicyclic) bond motifs is 3. The molecule has 1 heterocycles. The van der Waals surface area contributed by atoms with Gasteiger partial charge in [-0.2, -0.15) is 0 Å². The van der Waals surface area contributed by atoms with E-state index in [-0.39, 0.29) is 0 Å². The lowest BCUT2D eigenvalue weighted by Crippen LogP contribution is -1.93. The minimum absolute atomic E-state index is 0.745.